The minimum atomic E-state index is -0.742. The Morgan fingerprint density at radius 2 is 1.88 bits per heavy atom. The van der Waals surface area contributed by atoms with Gasteiger partial charge < -0.3 is 9.64 Å². The van der Waals surface area contributed by atoms with E-state index in [1.807, 2.05) is 36.4 Å². The smallest absolute Gasteiger partial charge is 0.328 e. The first-order valence-electron chi connectivity index (χ1n) is 7.49. The maximum absolute atomic E-state index is 12.9. The fourth-order valence-corrected chi connectivity index (χ4v) is 2.35. The fourth-order valence-electron chi connectivity index (χ4n) is 2.35. The van der Waals surface area contributed by atoms with E-state index in [1.54, 1.807) is 25.1 Å². The van der Waals surface area contributed by atoms with E-state index in [0.29, 0.717) is 11.1 Å². The largest absolute Gasteiger partial charge is 0.467 e. The molecular formula is C19H18N2O3. The van der Waals surface area contributed by atoms with Crippen LogP contribution in [0.2, 0.25) is 0 Å². The lowest BCUT2D eigenvalue weighted by Crippen LogP contribution is -2.43. The Labute approximate surface area is 141 Å². The number of rotatable bonds is 5. The van der Waals surface area contributed by atoms with Crippen molar-refractivity contribution in [3.8, 4) is 6.07 Å². The van der Waals surface area contributed by atoms with E-state index in [0.717, 1.165) is 5.56 Å². The molecule has 0 fully saturated rings. The Morgan fingerprint density at radius 3 is 2.50 bits per heavy atom. The molecular weight excluding hydrogens is 304 g/mol. The number of nitrogens with zero attached hydrogens (tertiary/aromatic N) is 2. The second kappa shape index (κ2) is 7.93. The van der Waals surface area contributed by atoms with Crippen molar-refractivity contribution in [1.29, 1.82) is 5.26 Å². The summed E-state index contributed by atoms with van der Waals surface area (Å²) in [6.07, 6.45) is 0. The Morgan fingerprint density at radius 1 is 1.17 bits per heavy atom. The van der Waals surface area contributed by atoms with Crippen molar-refractivity contribution in [3.05, 3.63) is 71.3 Å². The molecule has 0 radical (unpaired) electrons. The molecule has 0 saturated heterocycles. The summed E-state index contributed by atoms with van der Waals surface area (Å²) in [6.45, 7) is 1.90. The molecule has 0 N–H and O–H groups in total. The quantitative estimate of drug-likeness (QED) is 0.794. The number of benzene rings is 2. The molecule has 0 unspecified atom stereocenters. The zero-order valence-corrected chi connectivity index (χ0v) is 13.6. The second-order valence-electron chi connectivity index (χ2n) is 5.31. The van der Waals surface area contributed by atoms with Crippen LogP contribution in [0.15, 0.2) is 54.6 Å². The number of hydrogen-bond donors (Lipinski definition) is 0. The van der Waals surface area contributed by atoms with Crippen molar-refractivity contribution in [1.82, 2.24) is 4.90 Å². The number of hydrogen-bond acceptors (Lipinski definition) is 4. The van der Waals surface area contributed by atoms with E-state index >= 15 is 0 Å². The zero-order chi connectivity index (χ0) is 17.5. The Hall–Kier alpha value is -3.13. The van der Waals surface area contributed by atoms with Gasteiger partial charge in [-0.05, 0) is 30.7 Å². The van der Waals surface area contributed by atoms with Crippen molar-refractivity contribution in [2.75, 3.05) is 7.11 Å². The van der Waals surface area contributed by atoms with Gasteiger partial charge in [0.15, 0.2) is 0 Å². The minimum absolute atomic E-state index is 0.271. The number of ether oxygens (including phenoxy) is 1. The lowest BCUT2D eigenvalue weighted by atomic mass is 10.1. The summed E-state index contributed by atoms with van der Waals surface area (Å²) in [7, 11) is 1.29. The molecule has 24 heavy (non-hydrogen) atoms. The highest BCUT2D eigenvalue weighted by Crippen LogP contribution is 2.15. The summed E-state index contributed by atoms with van der Waals surface area (Å²) in [4.78, 5) is 26.3. The highest BCUT2D eigenvalue weighted by Gasteiger charge is 2.27. The van der Waals surface area contributed by atoms with Crippen LogP contribution in [0.4, 0.5) is 0 Å². The number of methoxy groups -OCH3 is 1. The van der Waals surface area contributed by atoms with E-state index < -0.39 is 12.0 Å². The fraction of sp³-hybridized carbons (Fsp3) is 0.211. The molecule has 1 atom stereocenters. The number of nitriles is 1. The van der Waals surface area contributed by atoms with Crippen molar-refractivity contribution < 1.29 is 14.3 Å². The normalized spacial score (nSPS) is 11.2. The third kappa shape index (κ3) is 3.99. The molecule has 0 aliphatic heterocycles. The number of amides is 1. The standard InChI is InChI=1S/C19H18N2O3/c1-14(19(23)24-2)21(13-15-7-4-3-5-8-15)18(22)17-10-6-9-16(11-17)12-20/h3-11,14H,13H2,1-2H3/t14-/m0/s1. The molecule has 2 aromatic rings. The van der Waals surface area contributed by atoms with Gasteiger partial charge in [-0.3, -0.25) is 4.79 Å². The van der Waals surface area contributed by atoms with Crippen LogP contribution in [0.25, 0.3) is 0 Å². The molecule has 5 nitrogen and oxygen atoms in total. The number of carbonyl (C=O) groups is 2. The third-order valence-corrected chi connectivity index (χ3v) is 3.71. The lowest BCUT2D eigenvalue weighted by molar-refractivity contribution is -0.145. The SMILES string of the molecule is COC(=O)[C@H](C)N(Cc1ccccc1)C(=O)c1cccc(C#N)c1. The van der Waals surface area contributed by atoms with Gasteiger partial charge in [-0.1, -0.05) is 36.4 Å². The molecule has 0 spiro atoms. The topological polar surface area (TPSA) is 70.4 Å². The predicted molar refractivity (Wildman–Crippen MR) is 89.0 cm³/mol. The summed E-state index contributed by atoms with van der Waals surface area (Å²) < 4.78 is 4.78. The van der Waals surface area contributed by atoms with Gasteiger partial charge in [0.25, 0.3) is 5.91 Å². The molecule has 2 rings (SSSR count). The van der Waals surface area contributed by atoms with E-state index in [1.165, 1.54) is 18.1 Å². The Balaban J connectivity index is 2.35. The average molecular weight is 322 g/mol. The first-order chi connectivity index (χ1) is 11.6. The molecule has 0 heterocycles. The van der Waals surface area contributed by atoms with Crippen LogP contribution in [-0.4, -0.2) is 29.9 Å². The van der Waals surface area contributed by atoms with Crippen molar-refractivity contribution in [2.24, 2.45) is 0 Å². The second-order valence-corrected chi connectivity index (χ2v) is 5.31. The van der Waals surface area contributed by atoms with Gasteiger partial charge in [0, 0.05) is 12.1 Å². The molecule has 0 saturated carbocycles. The van der Waals surface area contributed by atoms with Gasteiger partial charge in [-0.2, -0.15) is 5.26 Å². The van der Waals surface area contributed by atoms with Gasteiger partial charge >= 0.3 is 5.97 Å². The van der Waals surface area contributed by atoms with Crippen molar-refractivity contribution >= 4 is 11.9 Å². The summed E-state index contributed by atoms with van der Waals surface area (Å²) in [5.74, 6) is -0.815. The minimum Gasteiger partial charge on any atom is -0.467 e. The summed E-state index contributed by atoms with van der Waals surface area (Å²) in [6, 6.07) is 17.1. The third-order valence-electron chi connectivity index (χ3n) is 3.71. The van der Waals surface area contributed by atoms with Crippen molar-refractivity contribution in [3.63, 3.8) is 0 Å². The molecule has 0 aliphatic rings. The van der Waals surface area contributed by atoms with Crippen LogP contribution in [0.3, 0.4) is 0 Å². The van der Waals surface area contributed by atoms with E-state index in [9.17, 15) is 9.59 Å². The Bertz CT molecular complexity index is 766. The zero-order valence-electron chi connectivity index (χ0n) is 13.6. The van der Waals surface area contributed by atoms with Crippen LogP contribution < -0.4 is 0 Å². The van der Waals surface area contributed by atoms with E-state index in [-0.39, 0.29) is 12.5 Å². The van der Waals surface area contributed by atoms with E-state index in [4.69, 9.17) is 10.00 Å². The van der Waals surface area contributed by atoms with Gasteiger partial charge in [0.1, 0.15) is 6.04 Å². The molecule has 2 aromatic carbocycles. The van der Waals surface area contributed by atoms with Crippen LogP contribution in [0.5, 0.6) is 0 Å². The molecule has 5 heteroatoms. The highest BCUT2D eigenvalue weighted by atomic mass is 16.5. The monoisotopic (exact) mass is 322 g/mol. The number of carbonyl (C=O) groups excluding carboxylic acids is 2. The van der Waals surface area contributed by atoms with Crippen LogP contribution in [0, 0.1) is 11.3 Å². The molecule has 122 valence electrons. The van der Waals surface area contributed by atoms with Crippen molar-refractivity contribution in [2.45, 2.75) is 19.5 Å². The first-order valence-corrected chi connectivity index (χ1v) is 7.49. The number of esters is 1. The lowest BCUT2D eigenvalue weighted by Gasteiger charge is -2.27. The van der Waals surface area contributed by atoms with Gasteiger partial charge in [0.05, 0.1) is 18.7 Å². The first kappa shape index (κ1) is 17.2. The van der Waals surface area contributed by atoms with Gasteiger partial charge in [-0.15, -0.1) is 0 Å². The molecule has 0 aliphatic carbocycles. The highest BCUT2D eigenvalue weighted by molar-refractivity contribution is 5.97. The van der Waals surface area contributed by atoms with Gasteiger partial charge in [0.2, 0.25) is 0 Å². The molecule has 1 amide bonds. The van der Waals surface area contributed by atoms with E-state index in [2.05, 4.69) is 0 Å². The maximum Gasteiger partial charge on any atom is 0.328 e. The van der Waals surface area contributed by atoms with Crippen LogP contribution in [-0.2, 0) is 16.1 Å². The average Bonchev–Trinajstić information content (AvgIpc) is 2.65. The van der Waals surface area contributed by atoms with Gasteiger partial charge in [-0.25, -0.2) is 4.79 Å². The molecule has 0 bridgehead atoms. The maximum atomic E-state index is 12.9. The summed E-state index contributed by atoms with van der Waals surface area (Å²) in [5, 5.41) is 9.00. The predicted octanol–water partition coefficient (Wildman–Crippen LogP) is 2.76. The Kier molecular flexibility index (Phi) is 5.69. The van der Waals surface area contributed by atoms with Crippen LogP contribution >= 0.6 is 0 Å². The summed E-state index contributed by atoms with van der Waals surface area (Å²) in [5.41, 5.74) is 1.66. The summed E-state index contributed by atoms with van der Waals surface area (Å²) >= 11 is 0. The van der Waals surface area contributed by atoms with Crippen LogP contribution in [0.1, 0.15) is 28.4 Å². The molecule has 0 aromatic heterocycles.